The number of rotatable bonds is 2. The Morgan fingerprint density at radius 2 is 1.84 bits per heavy atom. The monoisotopic (exact) mass is 487 g/mol. The molecule has 0 radical (unpaired) electrons. The molecular weight excluding hydrogens is 470 g/mol. The fraction of sp³-hybridized carbons (Fsp3) is 0.0714. The third-order valence-corrected chi connectivity index (χ3v) is 6.21. The number of nitro groups is 1. The molecular formula is C28H17N5O4. The van der Waals surface area contributed by atoms with Gasteiger partial charge in [0.15, 0.2) is 11.5 Å². The summed E-state index contributed by atoms with van der Waals surface area (Å²) in [7, 11) is 0. The number of Topliss-reactive ketones (excluding diaryl/α,β-unsaturated/α-hetero) is 2. The number of nitriles is 1. The highest BCUT2D eigenvalue weighted by Crippen LogP contribution is 2.28. The summed E-state index contributed by atoms with van der Waals surface area (Å²) in [6, 6.07) is 19.5. The number of hydrogen-bond donors (Lipinski definition) is 0. The Bertz CT molecular complexity index is 1850. The maximum Gasteiger partial charge on any atom is 0.269 e. The lowest BCUT2D eigenvalue weighted by Gasteiger charge is -2.20. The normalized spacial score (nSPS) is 14.8. The van der Waals surface area contributed by atoms with Gasteiger partial charge in [-0.1, -0.05) is 54.6 Å². The van der Waals surface area contributed by atoms with E-state index in [0.29, 0.717) is 11.1 Å². The number of fused-ring (bicyclic) bond motifs is 4. The van der Waals surface area contributed by atoms with E-state index in [1.165, 1.54) is 24.7 Å². The Kier molecular flexibility index (Phi) is 6.14. The first-order chi connectivity index (χ1) is 18.0. The van der Waals surface area contributed by atoms with E-state index in [0.717, 1.165) is 26.4 Å². The van der Waals surface area contributed by atoms with Crippen LogP contribution in [-0.4, -0.2) is 31.7 Å². The van der Waals surface area contributed by atoms with Crippen molar-refractivity contribution in [2.24, 2.45) is 0 Å². The Morgan fingerprint density at radius 1 is 1.00 bits per heavy atom. The highest BCUT2D eigenvalue weighted by molar-refractivity contribution is 6.19. The minimum absolute atomic E-state index is 0.0404. The number of nitrogens with zero attached hydrogens (tertiary/aromatic N) is 5. The summed E-state index contributed by atoms with van der Waals surface area (Å²) in [5.74, 6) is -0.723. The second-order valence-corrected chi connectivity index (χ2v) is 8.40. The zero-order chi connectivity index (χ0) is 25.9. The van der Waals surface area contributed by atoms with Gasteiger partial charge < -0.3 is 0 Å². The molecule has 0 fully saturated rings. The standard InChI is InChI=1S/C24H15NO4.C4H2N4/c26-22-13-21-16(11-20(22)14-5-3-6-17(10-14)25(28)29)8-9-19-18-7-2-1-4-15(18)12-23(27)24(19)21;5-1-4-2-6-3-7-8-4/h1-12,20H,13H2;2-3H. The van der Waals surface area contributed by atoms with Crippen LogP contribution >= 0.6 is 0 Å². The molecule has 1 aromatic heterocycles. The number of benzene rings is 3. The van der Waals surface area contributed by atoms with Crippen molar-refractivity contribution < 1.29 is 14.5 Å². The van der Waals surface area contributed by atoms with Gasteiger partial charge in [0.25, 0.3) is 5.69 Å². The van der Waals surface area contributed by atoms with Crippen LogP contribution in [0, 0.1) is 31.9 Å². The van der Waals surface area contributed by atoms with Gasteiger partial charge in [-0.15, -0.1) is 10.2 Å². The van der Waals surface area contributed by atoms with E-state index in [9.17, 15) is 19.7 Å². The van der Waals surface area contributed by atoms with Gasteiger partial charge in [-0.25, -0.2) is 4.98 Å². The largest absolute Gasteiger partial charge is 0.298 e. The molecule has 0 bridgehead atoms. The quantitative estimate of drug-likeness (QED) is 0.310. The molecule has 9 heteroatoms. The van der Waals surface area contributed by atoms with Crippen LogP contribution in [0.4, 0.5) is 5.69 Å². The summed E-state index contributed by atoms with van der Waals surface area (Å²) in [6.07, 6.45) is 6.20. The molecule has 2 aliphatic rings. The van der Waals surface area contributed by atoms with Crippen molar-refractivity contribution in [1.82, 2.24) is 15.2 Å². The lowest BCUT2D eigenvalue weighted by Crippen LogP contribution is -2.30. The smallest absolute Gasteiger partial charge is 0.269 e. The van der Waals surface area contributed by atoms with Crippen molar-refractivity contribution in [1.29, 1.82) is 5.26 Å². The summed E-state index contributed by atoms with van der Waals surface area (Å²) in [5.41, 5.74) is 2.12. The Hall–Kier alpha value is -5.36. The van der Waals surface area contributed by atoms with Crippen LogP contribution in [0.25, 0.3) is 12.2 Å². The van der Waals surface area contributed by atoms with E-state index in [4.69, 9.17) is 5.26 Å². The Labute approximate surface area is 209 Å². The molecule has 2 aliphatic carbocycles. The molecule has 9 nitrogen and oxygen atoms in total. The number of carbonyl (C=O) groups is 2. The molecule has 0 aliphatic heterocycles. The summed E-state index contributed by atoms with van der Waals surface area (Å²) < 4.78 is 0. The highest BCUT2D eigenvalue weighted by atomic mass is 16.6. The van der Waals surface area contributed by atoms with Gasteiger partial charge >= 0.3 is 0 Å². The molecule has 0 N–H and O–H groups in total. The van der Waals surface area contributed by atoms with Crippen molar-refractivity contribution in [3.8, 4) is 6.07 Å². The van der Waals surface area contributed by atoms with Crippen molar-refractivity contribution in [3.63, 3.8) is 0 Å². The predicted octanol–water partition coefficient (Wildman–Crippen LogP) is 2.29. The Balaban J connectivity index is 0.000000301. The molecule has 178 valence electrons. The van der Waals surface area contributed by atoms with Crippen molar-refractivity contribution in [2.45, 2.75) is 12.3 Å². The third kappa shape index (κ3) is 4.51. The van der Waals surface area contributed by atoms with Crippen LogP contribution in [0.15, 0.2) is 73.2 Å². The van der Waals surface area contributed by atoms with E-state index in [-0.39, 0.29) is 29.4 Å². The first-order valence-electron chi connectivity index (χ1n) is 11.3. The summed E-state index contributed by atoms with van der Waals surface area (Å²) >= 11 is 0. The number of non-ortho nitro benzene ring substituents is 1. The molecule has 1 atom stereocenters. The van der Waals surface area contributed by atoms with Gasteiger partial charge in [0.1, 0.15) is 18.2 Å². The maximum absolute atomic E-state index is 13.0. The number of nitro benzene ring substituents is 1. The SMILES string of the molecule is N#Cc1cncnn1.O=C1C=c2ccccc2=c2ccc3c(c21)CC(=O)C(c1cccc([N+](=O)[O-])c1)C=3. The minimum Gasteiger partial charge on any atom is -0.298 e. The first kappa shape index (κ1) is 23.4. The average molecular weight is 487 g/mol. The molecule has 1 heterocycles. The van der Waals surface area contributed by atoms with Crippen LogP contribution in [0.5, 0.6) is 0 Å². The molecule has 37 heavy (non-hydrogen) atoms. The summed E-state index contributed by atoms with van der Waals surface area (Å²) in [5, 5.41) is 29.6. The van der Waals surface area contributed by atoms with Gasteiger partial charge in [0.05, 0.1) is 17.0 Å². The van der Waals surface area contributed by atoms with Crippen molar-refractivity contribution in [2.75, 3.05) is 0 Å². The predicted molar refractivity (Wildman–Crippen MR) is 132 cm³/mol. The Morgan fingerprint density at radius 3 is 2.57 bits per heavy atom. The van der Waals surface area contributed by atoms with E-state index in [1.807, 2.05) is 42.5 Å². The van der Waals surface area contributed by atoms with Gasteiger partial charge in [-0.3, -0.25) is 19.7 Å². The first-order valence-corrected chi connectivity index (χ1v) is 11.3. The molecule has 0 saturated heterocycles. The molecule has 1 unspecified atom stereocenters. The van der Waals surface area contributed by atoms with Crippen molar-refractivity contribution >= 4 is 29.4 Å². The molecule has 3 aromatic carbocycles. The number of ketones is 2. The second kappa shape index (κ2) is 9.71. The molecule has 0 saturated carbocycles. The maximum atomic E-state index is 13.0. The van der Waals surface area contributed by atoms with Gasteiger partial charge in [0, 0.05) is 24.1 Å². The van der Waals surface area contributed by atoms with Crippen LogP contribution in [0.2, 0.25) is 0 Å². The minimum atomic E-state index is -0.560. The van der Waals surface area contributed by atoms with Crippen LogP contribution < -0.4 is 10.4 Å². The number of hydrogen-bond acceptors (Lipinski definition) is 8. The van der Waals surface area contributed by atoms with Crippen molar-refractivity contribution in [3.05, 3.63) is 127 Å². The average Bonchev–Trinajstić information content (AvgIpc) is 2.93. The molecule has 0 spiro atoms. The number of aromatic nitrogens is 3. The zero-order valence-corrected chi connectivity index (χ0v) is 19.2. The van der Waals surface area contributed by atoms with Crippen LogP contribution in [0.1, 0.15) is 33.1 Å². The van der Waals surface area contributed by atoms with E-state index < -0.39 is 10.8 Å². The van der Waals surface area contributed by atoms with Gasteiger partial charge in [0.2, 0.25) is 0 Å². The highest BCUT2D eigenvalue weighted by Gasteiger charge is 2.27. The van der Waals surface area contributed by atoms with Gasteiger partial charge in [-0.05, 0) is 38.1 Å². The van der Waals surface area contributed by atoms with Crippen LogP contribution in [0.3, 0.4) is 0 Å². The zero-order valence-electron chi connectivity index (χ0n) is 19.2. The fourth-order valence-corrected chi connectivity index (χ4v) is 4.57. The lowest BCUT2D eigenvalue weighted by molar-refractivity contribution is -0.384. The summed E-state index contributed by atoms with van der Waals surface area (Å²) in [6.45, 7) is 0. The fourth-order valence-electron chi connectivity index (χ4n) is 4.57. The van der Waals surface area contributed by atoms with E-state index >= 15 is 0 Å². The van der Waals surface area contributed by atoms with E-state index in [2.05, 4.69) is 15.2 Å². The second-order valence-electron chi connectivity index (χ2n) is 8.40. The molecule has 6 rings (SSSR count). The third-order valence-electron chi connectivity index (χ3n) is 6.21. The van der Waals surface area contributed by atoms with Gasteiger partial charge in [-0.2, -0.15) is 5.26 Å². The summed E-state index contributed by atoms with van der Waals surface area (Å²) in [4.78, 5) is 40.0. The topological polar surface area (TPSA) is 140 Å². The number of carbonyl (C=O) groups excluding carboxylic acids is 2. The molecule has 0 amide bonds. The lowest BCUT2D eigenvalue weighted by atomic mass is 9.81. The van der Waals surface area contributed by atoms with E-state index in [1.54, 1.807) is 24.3 Å². The molecule has 4 aromatic rings. The van der Waals surface area contributed by atoms with Crippen LogP contribution in [-0.2, 0) is 11.2 Å².